The maximum Gasteiger partial charge on any atom is 0.267 e. The smallest absolute Gasteiger partial charge is 0.267 e. The van der Waals surface area contributed by atoms with Crippen LogP contribution in [-0.2, 0) is 16.6 Å². The number of rotatable bonds is 4. The molecular formula is C19H24N4O2S. The van der Waals surface area contributed by atoms with Crippen molar-refractivity contribution in [3.8, 4) is 0 Å². The molecule has 1 aliphatic rings. The zero-order valence-corrected chi connectivity index (χ0v) is 16.3. The van der Waals surface area contributed by atoms with E-state index in [1.807, 2.05) is 56.0 Å². The number of carbonyl (C=O) groups excluding carboxylic acids is 2. The van der Waals surface area contributed by atoms with Crippen molar-refractivity contribution in [2.24, 2.45) is 0 Å². The molecule has 138 valence electrons. The molecule has 0 radical (unpaired) electrons. The summed E-state index contributed by atoms with van der Waals surface area (Å²) < 4.78 is 3.90. The number of aryl methyl sites for hydroxylation is 1. The van der Waals surface area contributed by atoms with Crippen LogP contribution < -0.4 is 0 Å². The molecule has 0 saturated carbocycles. The van der Waals surface area contributed by atoms with Crippen LogP contribution in [0.25, 0.3) is 0 Å². The molecule has 0 aliphatic carbocycles. The van der Waals surface area contributed by atoms with Crippen LogP contribution in [0.4, 0.5) is 0 Å². The number of benzene rings is 1. The van der Waals surface area contributed by atoms with Gasteiger partial charge in [-0.05, 0) is 37.4 Å². The highest BCUT2D eigenvalue weighted by molar-refractivity contribution is 7.08. The van der Waals surface area contributed by atoms with Crippen LogP contribution in [0.2, 0.25) is 0 Å². The van der Waals surface area contributed by atoms with Gasteiger partial charge in [-0.2, -0.15) is 0 Å². The maximum absolute atomic E-state index is 13.0. The van der Waals surface area contributed by atoms with Crippen LogP contribution in [0.3, 0.4) is 0 Å². The molecule has 0 atom stereocenters. The largest absolute Gasteiger partial charge is 0.338 e. The number of hydrogen-bond donors (Lipinski definition) is 0. The first-order valence-corrected chi connectivity index (χ1v) is 9.68. The third-order valence-corrected chi connectivity index (χ3v) is 5.73. The van der Waals surface area contributed by atoms with Crippen molar-refractivity contribution in [2.75, 3.05) is 26.2 Å². The summed E-state index contributed by atoms with van der Waals surface area (Å²) >= 11 is 1.15. The minimum Gasteiger partial charge on any atom is -0.338 e. The quantitative estimate of drug-likeness (QED) is 0.826. The van der Waals surface area contributed by atoms with Gasteiger partial charge in [0.05, 0.1) is 11.1 Å². The molecule has 2 aromatic rings. The van der Waals surface area contributed by atoms with Crippen LogP contribution in [-0.4, -0.2) is 57.4 Å². The summed E-state index contributed by atoms with van der Waals surface area (Å²) in [6.07, 6.45) is 0.696. The fourth-order valence-corrected chi connectivity index (χ4v) is 3.95. The Labute approximate surface area is 158 Å². The van der Waals surface area contributed by atoms with Gasteiger partial charge < -0.3 is 9.80 Å². The van der Waals surface area contributed by atoms with Crippen LogP contribution in [0.1, 0.15) is 41.7 Å². The highest BCUT2D eigenvalue weighted by Crippen LogP contribution is 2.26. The molecule has 1 aromatic heterocycles. The van der Waals surface area contributed by atoms with Gasteiger partial charge >= 0.3 is 0 Å². The lowest BCUT2D eigenvalue weighted by Crippen LogP contribution is -2.54. The second-order valence-corrected chi connectivity index (χ2v) is 7.73. The summed E-state index contributed by atoms with van der Waals surface area (Å²) in [5, 5.41) is 4.02. The van der Waals surface area contributed by atoms with E-state index in [4.69, 9.17) is 0 Å². The molecule has 1 saturated heterocycles. The number of amides is 2. The maximum atomic E-state index is 13.0. The second kappa shape index (κ2) is 7.53. The van der Waals surface area contributed by atoms with Gasteiger partial charge in [-0.1, -0.05) is 41.7 Å². The van der Waals surface area contributed by atoms with Gasteiger partial charge in [0.1, 0.15) is 4.88 Å². The van der Waals surface area contributed by atoms with Crippen molar-refractivity contribution in [2.45, 2.75) is 32.6 Å². The van der Waals surface area contributed by atoms with Crippen molar-refractivity contribution in [3.05, 3.63) is 46.5 Å². The van der Waals surface area contributed by atoms with E-state index in [1.54, 1.807) is 4.90 Å². The first kappa shape index (κ1) is 18.5. The summed E-state index contributed by atoms with van der Waals surface area (Å²) in [4.78, 5) is 30.0. The fourth-order valence-electron chi connectivity index (χ4n) is 3.23. The average Bonchev–Trinajstić information content (AvgIpc) is 3.16. The van der Waals surface area contributed by atoms with Crippen molar-refractivity contribution in [1.82, 2.24) is 19.4 Å². The van der Waals surface area contributed by atoms with E-state index >= 15 is 0 Å². The molecule has 6 nitrogen and oxygen atoms in total. The standard InChI is InChI=1S/C19H24N4O2S/c1-4-15-16(26-21-20-15)17(24)22-10-12-23(13-11-22)18(25)19(2,3)14-8-6-5-7-9-14/h5-9H,4,10-13H2,1-3H3. The molecule has 1 aliphatic heterocycles. The molecule has 2 heterocycles. The number of hydrogen-bond acceptors (Lipinski definition) is 5. The normalized spacial score (nSPS) is 15.2. The minimum absolute atomic E-state index is 0.0220. The summed E-state index contributed by atoms with van der Waals surface area (Å²) in [7, 11) is 0. The molecule has 3 rings (SSSR count). The van der Waals surface area contributed by atoms with E-state index in [0.29, 0.717) is 37.5 Å². The van der Waals surface area contributed by atoms with Crippen LogP contribution in [0.5, 0.6) is 0 Å². The monoisotopic (exact) mass is 372 g/mol. The number of piperazine rings is 1. The van der Waals surface area contributed by atoms with E-state index < -0.39 is 5.41 Å². The van der Waals surface area contributed by atoms with Crippen LogP contribution in [0, 0.1) is 0 Å². The van der Waals surface area contributed by atoms with Crippen LogP contribution >= 0.6 is 11.5 Å². The Balaban J connectivity index is 1.65. The van der Waals surface area contributed by atoms with E-state index in [0.717, 1.165) is 22.8 Å². The number of nitrogens with zero attached hydrogens (tertiary/aromatic N) is 4. The summed E-state index contributed by atoms with van der Waals surface area (Å²) in [5.41, 5.74) is 1.18. The fraction of sp³-hybridized carbons (Fsp3) is 0.474. The Morgan fingerprint density at radius 1 is 1.08 bits per heavy atom. The molecule has 0 N–H and O–H groups in total. The molecule has 0 bridgehead atoms. The molecule has 1 aromatic carbocycles. The van der Waals surface area contributed by atoms with E-state index in [-0.39, 0.29) is 11.8 Å². The predicted molar refractivity (Wildman–Crippen MR) is 101 cm³/mol. The van der Waals surface area contributed by atoms with Gasteiger partial charge in [-0.25, -0.2) is 0 Å². The molecule has 0 unspecified atom stereocenters. The zero-order valence-electron chi connectivity index (χ0n) is 15.4. The van der Waals surface area contributed by atoms with Gasteiger partial charge in [0.2, 0.25) is 5.91 Å². The highest BCUT2D eigenvalue weighted by atomic mass is 32.1. The van der Waals surface area contributed by atoms with Gasteiger partial charge in [0.15, 0.2) is 0 Å². The van der Waals surface area contributed by atoms with Gasteiger partial charge in [0, 0.05) is 26.2 Å². The lowest BCUT2D eigenvalue weighted by molar-refractivity contribution is -0.137. The minimum atomic E-state index is -0.579. The van der Waals surface area contributed by atoms with Crippen molar-refractivity contribution < 1.29 is 9.59 Å². The molecule has 1 fully saturated rings. The summed E-state index contributed by atoms with van der Waals surface area (Å²) in [6, 6.07) is 9.83. The first-order valence-electron chi connectivity index (χ1n) is 8.90. The van der Waals surface area contributed by atoms with E-state index in [1.165, 1.54) is 0 Å². The lowest BCUT2D eigenvalue weighted by atomic mass is 9.83. The molecular weight excluding hydrogens is 348 g/mol. The molecule has 26 heavy (non-hydrogen) atoms. The average molecular weight is 372 g/mol. The van der Waals surface area contributed by atoms with Crippen molar-refractivity contribution in [3.63, 3.8) is 0 Å². The van der Waals surface area contributed by atoms with Gasteiger partial charge in [0.25, 0.3) is 5.91 Å². The van der Waals surface area contributed by atoms with E-state index in [2.05, 4.69) is 9.59 Å². The Morgan fingerprint density at radius 3 is 2.31 bits per heavy atom. The van der Waals surface area contributed by atoms with E-state index in [9.17, 15) is 9.59 Å². The van der Waals surface area contributed by atoms with Gasteiger partial charge in [-0.15, -0.1) is 5.10 Å². The highest BCUT2D eigenvalue weighted by Gasteiger charge is 2.36. The first-order chi connectivity index (χ1) is 12.4. The lowest BCUT2D eigenvalue weighted by Gasteiger charge is -2.38. The molecule has 0 spiro atoms. The Bertz CT molecular complexity index is 780. The SMILES string of the molecule is CCc1nnsc1C(=O)N1CCN(C(=O)C(C)(C)c2ccccc2)CC1. The Kier molecular flexibility index (Phi) is 5.36. The number of aromatic nitrogens is 2. The predicted octanol–water partition coefficient (Wildman–Crippen LogP) is 2.36. The molecule has 2 amide bonds. The van der Waals surface area contributed by atoms with Crippen LogP contribution in [0.15, 0.2) is 30.3 Å². The zero-order chi connectivity index (χ0) is 18.7. The topological polar surface area (TPSA) is 66.4 Å². The molecule has 7 heteroatoms. The van der Waals surface area contributed by atoms with Crippen molar-refractivity contribution >= 4 is 23.3 Å². The summed E-state index contributed by atoms with van der Waals surface area (Å²) in [6.45, 7) is 8.06. The summed E-state index contributed by atoms with van der Waals surface area (Å²) in [5.74, 6) is 0.0794. The Morgan fingerprint density at radius 2 is 1.69 bits per heavy atom. The van der Waals surface area contributed by atoms with Gasteiger partial charge in [-0.3, -0.25) is 9.59 Å². The third kappa shape index (κ3) is 3.49. The Hall–Kier alpha value is -2.28. The second-order valence-electron chi connectivity index (χ2n) is 6.98. The number of carbonyl (C=O) groups is 2. The van der Waals surface area contributed by atoms with Crippen molar-refractivity contribution in [1.29, 1.82) is 0 Å². The third-order valence-electron chi connectivity index (χ3n) is 4.97.